The number of benzene rings is 1. The van der Waals surface area contributed by atoms with Crippen molar-refractivity contribution in [1.29, 1.82) is 0 Å². The molecule has 2 fully saturated rings. The van der Waals surface area contributed by atoms with E-state index in [4.69, 9.17) is 37.2 Å². The van der Waals surface area contributed by atoms with E-state index in [0.717, 1.165) is 55.8 Å². The number of piperidine rings is 1. The van der Waals surface area contributed by atoms with Crippen LogP contribution in [0.3, 0.4) is 0 Å². The summed E-state index contributed by atoms with van der Waals surface area (Å²) in [7, 11) is 1.35. The fourth-order valence-electron chi connectivity index (χ4n) is 4.33. The third kappa shape index (κ3) is 4.78. The molecule has 5 rings (SSSR count). The van der Waals surface area contributed by atoms with E-state index in [1.54, 1.807) is 24.4 Å². The van der Waals surface area contributed by atoms with Crippen LogP contribution >= 0.6 is 23.2 Å². The molecule has 0 N–H and O–H groups in total. The van der Waals surface area contributed by atoms with Gasteiger partial charge in [0.15, 0.2) is 0 Å². The predicted molar refractivity (Wildman–Crippen MR) is 130 cm³/mol. The van der Waals surface area contributed by atoms with Crippen molar-refractivity contribution in [3.63, 3.8) is 0 Å². The van der Waals surface area contributed by atoms with Crippen LogP contribution in [0.1, 0.15) is 53.4 Å². The quantitative estimate of drug-likeness (QED) is 0.373. The van der Waals surface area contributed by atoms with Crippen molar-refractivity contribution in [2.45, 2.75) is 44.3 Å². The van der Waals surface area contributed by atoms with Gasteiger partial charge in [-0.05, 0) is 49.9 Å². The Morgan fingerprint density at radius 3 is 2.47 bits per heavy atom. The molecule has 0 bridgehead atoms. The van der Waals surface area contributed by atoms with Gasteiger partial charge < -0.3 is 18.9 Å². The van der Waals surface area contributed by atoms with E-state index in [1.165, 1.54) is 7.11 Å². The van der Waals surface area contributed by atoms with Gasteiger partial charge in [-0.3, -0.25) is 0 Å². The van der Waals surface area contributed by atoms with E-state index in [2.05, 4.69) is 15.0 Å². The average molecular weight is 502 g/mol. The van der Waals surface area contributed by atoms with Crippen LogP contribution in [0.5, 0.6) is 0 Å². The largest absolute Gasteiger partial charge is 0.464 e. The third-order valence-corrected chi connectivity index (χ3v) is 7.01. The Labute approximate surface area is 207 Å². The number of rotatable bonds is 7. The SMILES string of the molecule is COC(=O)c1ccc(N2CCC(OCc3c(-c4c(Cl)cccc4Cl)noc3C3CC3)CC2)cn1. The fraction of sp³-hybridized carbons (Fsp3) is 0.400. The lowest BCUT2D eigenvalue weighted by Gasteiger charge is -2.33. The van der Waals surface area contributed by atoms with Gasteiger partial charge in [-0.2, -0.15) is 0 Å². The molecule has 7 nitrogen and oxygen atoms in total. The van der Waals surface area contributed by atoms with Crippen LogP contribution in [0.25, 0.3) is 11.3 Å². The van der Waals surface area contributed by atoms with Crippen LogP contribution < -0.4 is 4.90 Å². The molecule has 0 amide bonds. The molecule has 178 valence electrons. The Morgan fingerprint density at radius 1 is 1.12 bits per heavy atom. The monoisotopic (exact) mass is 501 g/mol. The van der Waals surface area contributed by atoms with Crippen molar-refractivity contribution >= 4 is 34.9 Å². The number of halogens is 2. The lowest BCUT2D eigenvalue weighted by Crippen LogP contribution is -2.37. The topological polar surface area (TPSA) is 77.7 Å². The lowest BCUT2D eigenvalue weighted by atomic mass is 10.0. The van der Waals surface area contributed by atoms with Crippen molar-refractivity contribution in [2.75, 3.05) is 25.1 Å². The average Bonchev–Trinajstić information content (AvgIpc) is 3.63. The first-order chi connectivity index (χ1) is 16.5. The Morgan fingerprint density at radius 2 is 1.85 bits per heavy atom. The minimum atomic E-state index is -0.435. The molecule has 1 saturated heterocycles. The van der Waals surface area contributed by atoms with Crippen LogP contribution in [-0.4, -0.2) is 42.4 Å². The Bertz CT molecular complexity index is 1150. The summed E-state index contributed by atoms with van der Waals surface area (Å²) in [6.07, 6.45) is 5.79. The van der Waals surface area contributed by atoms with Crippen molar-refractivity contribution in [3.05, 3.63) is 63.6 Å². The minimum Gasteiger partial charge on any atom is -0.464 e. The van der Waals surface area contributed by atoms with E-state index < -0.39 is 5.97 Å². The number of ether oxygens (including phenoxy) is 2. The van der Waals surface area contributed by atoms with E-state index in [1.807, 2.05) is 12.1 Å². The molecule has 0 atom stereocenters. The standard InChI is InChI=1S/C25H25Cl2N3O4/c1-32-25(31)21-8-7-16(13-28-21)30-11-9-17(10-12-30)33-14-18-23(29-34-24(18)15-5-6-15)22-19(26)3-2-4-20(22)27/h2-4,7-8,13,15,17H,5-6,9-12,14H2,1H3. The number of esters is 1. The number of nitrogens with zero attached hydrogens (tertiary/aromatic N) is 3. The highest BCUT2D eigenvalue weighted by atomic mass is 35.5. The first-order valence-electron chi connectivity index (χ1n) is 11.4. The molecule has 1 aliphatic heterocycles. The first kappa shape index (κ1) is 23.1. The highest BCUT2D eigenvalue weighted by Crippen LogP contribution is 2.46. The molecule has 3 heterocycles. The van der Waals surface area contributed by atoms with Crippen molar-refractivity contribution < 1.29 is 18.8 Å². The molecule has 34 heavy (non-hydrogen) atoms. The number of methoxy groups -OCH3 is 1. The highest BCUT2D eigenvalue weighted by Gasteiger charge is 2.34. The van der Waals surface area contributed by atoms with E-state index >= 15 is 0 Å². The van der Waals surface area contributed by atoms with Gasteiger partial charge in [0, 0.05) is 30.1 Å². The van der Waals surface area contributed by atoms with Crippen LogP contribution in [0.4, 0.5) is 5.69 Å². The molecule has 2 aliphatic rings. The van der Waals surface area contributed by atoms with Crippen molar-refractivity contribution in [1.82, 2.24) is 10.1 Å². The molecular formula is C25H25Cl2N3O4. The minimum absolute atomic E-state index is 0.120. The molecule has 3 aromatic rings. The first-order valence-corrected chi connectivity index (χ1v) is 12.1. The maximum Gasteiger partial charge on any atom is 0.356 e. The Hall–Kier alpha value is -2.61. The smallest absolute Gasteiger partial charge is 0.356 e. The Kier molecular flexibility index (Phi) is 6.77. The maximum absolute atomic E-state index is 11.6. The summed E-state index contributed by atoms with van der Waals surface area (Å²) in [5, 5.41) is 5.43. The summed E-state index contributed by atoms with van der Waals surface area (Å²) in [6, 6.07) is 9.02. The second kappa shape index (κ2) is 9.94. The highest BCUT2D eigenvalue weighted by molar-refractivity contribution is 6.39. The van der Waals surface area contributed by atoms with Crippen LogP contribution in [0.2, 0.25) is 10.0 Å². The van der Waals surface area contributed by atoms with Gasteiger partial charge in [-0.1, -0.05) is 34.4 Å². The van der Waals surface area contributed by atoms with E-state index in [9.17, 15) is 4.79 Å². The molecule has 9 heteroatoms. The maximum atomic E-state index is 11.6. The van der Waals surface area contributed by atoms with Gasteiger partial charge in [0.1, 0.15) is 17.1 Å². The van der Waals surface area contributed by atoms with Crippen LogP contribution in [0.15, 0.2) is 41.1 Å². The number of carbonyl (C=O) groups is 1. The summed E-state index contributed by atoms with van der Waals surface area (Å²) in [4.78, 5) is 18.1. The Balaban J connectivity index is 1.24. The molecule has 0 radical (unpaired) electrons. The predicted octanol–water partition coefficient (Wildman–Crippen LogP) is 5.89. The number of aromatic nitrogens is 2. The summed E-state index contributed by atoms with van der Waals surface area (Å²) in [6.45, 7) is 2.09. The number of anilines is 1. The van der Waals surface area contributed by atoms with Gasteiger partial charge in [0.2, 0.25) is 0 Å². The van der Waals surface area contributed by atoms with Crippen LogP contribution in [0, 0.1) is 0 Å². The normalized spacial score (nSPS) is 16.6. The number of hydrogen-bond acceptors (Lipinski definition) is 7. The second-order valence-electron chi connectivity index (χ2n) is 8.64. The summed E-state index contributed by atoms with van der Waals surface area (Å²) >= 11 is 12.9. The molecule has 1 saturated carbocycles. The van der Waals surface area contributed by atoms with Gasteiger partial charge in [-0.15, -0.1) is 0 Å². The van der Waals surface area contributed by atoms with Crippen molar-refractivity contribution in [3.8, 4) is 11.3 Å². The lowest BCUT2D eigenvalue weighted by molar-refractivity contribution is 0.0246. The van der Waals surface area contributed by atoms with Crippen LogP contribution in [-0.2, 0) is 16.1 Å². The number of pyridine rings is 1. The second-order valence-corrected chi connectivity index (χ2v) is 9.45. The molecule has 2 aromatic heterocycles. The zero-order valence-corrected chi connectivity index (χ0v) is 20.3. The molecule has 0 spiro atoms. The van der Waals surface area contributed by atoms with Gasteiger partial charge in [0.25, 0.3) is 0 Å². The molecule has 1 aliphatic carbocycles. The third-order valence-electron chi connectivity index (χ3n) is 6.38. The van der Waals surface area contributed by atoms with Gasteiger partial charge in [-0.25, -0.2) is 9.78 Å². The summed E-state index contributed by atoms with van der Waals surface area (Å²) in [5.74, 6) is 0.846. The number of hydrogen-bond donors (Lipinski definition) is 0. The van der Waals surface area contributed by atoms with Gasteiger partial charge >= 0.3 is 5.97 Å². The zero-order chi connectivity index (χ0) is 23.7. The number of carbonyl (C=O) groups excluding carboxylic acids is 1. The zero-order valence-electron chi connectivity index (χ0n) is 18.8. The van der Waals surface area contributed by atoms with Gasteiger partial charge in [0.05, 0.1) is 41.8 Å². The van der Waals surface area contributed by atoms with Crippen molar-refractivity contribution in [2.24, 2.45) is 0 Å². The summed E-state index contributed by atoms with van der Waals surface area (Å²) < 4.78 is 16.8. The summed E-state index contributed by atoms with van der Waals surface area (Å²) in [5.41, 5.74) is 3.60. The molecular weight excluding hydrogens is 477 g/mol. The van der Waals surface area contributed by atoms with E-state index in [-0.39, 0.29) is 6.10 Å². The molecule has 1 aromatic carbocycles. The van der Waals surface area contributed by atoms with E-state index in [0.29, 0.717) is 39.5 Å². The molecule has 0 unspecified atom stereocenters. The fourth-order valence-corrected chi connectivity index (χ4v) is 4.90.